The number of aromatic nitrogens is 1. The Kier molecular flexibility index (Phi) is 6.62. The van der Waals surface area contributed by atoms with Gasteiger partial charge in [-0.2, -0.15) is 0 Å². The van der Waals surface area contributed by atoms with Crippen molar-refractivity contribution in [1.29, 1.82) is 0 Å². The Hall–Kier alpha value is -5.67. The van der Waals surface area contributed by atoms with Gasteiger partial charge >= 0.3 is 0 Å². The zero-order chi connectivity index (χ0) is 29.3. The van der Waals surface area contributed by atoms with E-state index < -0.39 is 0 Å². The lowest BCUT2D eigenvalue weighted by atomic mass is 9.91. The molecule has 1 heterocycles. The van der Waals surface area contributed by atoms with E-state index in [0.717, 1.165) is 50.9 Å². The minimum atomic E-state index is 0.370. The van der Waals surface area contributed by atoms with E-state index in [-0.39, 0.29) is 0 Å². The summed E-state index contributed by atoms with van der Waals surface area (Å²) in [6.07, 6.45) is 7.89. The highest BCUT2D eigenvalue weighted by molar-refractivity contribution is 6.03. The molecular formula is C41H30N2O. The van der Waals surface area contributed by atoms with Gasteiger partial charge in [-0.1, -0.05) is 115 Å². The predicted octanol–water partition coefficient (Wildman–Crippen LogP) is 11.1. The Morgan fingerprint density at radius 2 is 1.36 bits per heavy atom. The summed E-state index contributed by atoms with van der Waals surface area (Å²) in [7, 11) is 0. The number of oxazole rings is 1. The van der Waals surface area contributed by atoms with Crippen LogP contribution in [0.3, 0.4) is 0 Å². The van der Waals surface area contributed by atoms with Crippen molar-refractivity contribution in [2.24, 2.45) is 0 Å². The molecule has 1 atom stereocenters. The molecule has 210 valence electrons. The van der Waals surface area contributed by atoms with Crippen molar-refractivity contribution in [3.05, 3.63) is 175 Å². The van der Waals surface area contributed by atoms with Gasteiger partial charge in [-0.25, -0.2) is 4.98 Å². The number of hydrogen-bond acceptors (Lipinski definition) is 3. The number of rotatable bonds is 6. The Bertz CT molecular complexity index is 2140. The summed E-state index contributed by atoms with van der Waals surface area (Å²) in [4.78, 5) is 7.18. The molecule has 0 radical (unpaired) electrons. The van der Waals surface area contributed by atoms with Gasteiger partial charge in [0.1, 0.15) is 5.52 Å². The van der Waals surface area contributed by atoms with Crippen LogP contribution in [0, 0.1) is 0 Å². The third-order valence-electron chi connectivity index (χ3n) is 8.43. The summed E-state index contributed by atoms with van der Waals surface area (Å²) in [6.45, 7) is 0. The standard InChI is InChI=1S/C41H30N2O/c1-3-10-29(11-4-1)31-18-23-35(24-19-31)43(37-16-9-15-34(28-37)30-12-5-2-6-13-30)36-25-20-33(21-26-36)41-42-39-27-22-32-14-7-8-17-38(32)40(39)44-41/h1-18,20-28,31H,19H2. The summed E-state index contributed by atoms with van der Waals surface area (Å²) in [5.74, 6) is 0.998. The van der Waals surface area contributed by atoms with Crippen LogP contribution in [-0.2, 0) is 0 Å². The molecule has 0 fully saturated rings. The largest absolute Gasteiger partial charge is 0.435 e. The third-order valence-corrected chi connectivity index (χ3v) is 8.43. The van der Waals surface area contributed by atoms with Gasteiger partial charge in [-0.05, 0) is 77.0 Å². The summed E-state index contributed by atoms with van der Waals surface area (Å²) in [5, 5.41) is 2.23. The van der Waals surface area contributed by atoms with Gasteiger partial charge in [0.25, 0.3) is 0 Å². The number of nitrogens with zero attached hydrogens (tertiary/aromatic N) is 2. The van der Waals surface area contributed by atoms with Crippen LogP contribution in [0.5, 0.6) is 0 Å². The second-order valence-electron chi connectivity index (χ2n) is 11.2. The smallest absolute Gasteiger partial charge is 0.227 e. The molecule has 3 nitrogen and oxygen atoms in total. The molecule has 6 aromatic carbocycles. The van der Waals surface area contributed by atoms with Gasteiger partial charge in [0, 0.05) is 33.9 Å². The highest BCUT2D eigenvalue weighted by Crippen LogP contribution is 2.38. The molecule has 7 aromatic rings. The average Bonchev–Trinajstić information content (AvgIpc) is 3.55. The van der Waals surface area contributed by atoms with Gasteiger partial charge in [0.2, 0.25) is 5.89 Å². The van der Waals surface area contributed by atoms with E-state index in [4.69, 9.17) is 9.40 Å². The Labute approximate surface area is 257 Å². The second-order valence-corrected chi connectivity index (χ2v) is 11.2. The van der Waals surface area contributed by atoms with Crippen LogP contribution in [0.15, 0.2) is 174 Å². The molecule has 44 heavy (non-hydrogen) atoms. The van der Waals surface area contributed by atoms with Gasteiger partial charge in [-0.3, -0.25) is 0 Å². The van der Waals surface area contributed by atoms with Gasteiger partial charge in [-0.15, -0.1) is 0 Å². The van der Waals surface area contributed by atoms with Crippen LogP contribution in [-0.4, -0.2) is 4.98 Å². The van der Waals surface area contributed by atoms with Crippen molar-refractivity contribution < 1.29 is 4.42 Å². The molecule has 8 rings (SSSR count). The summed E-state index contributed by atoms with van der Waals surface area (Å²) >= 11 is 0. The average molecular weight is 567 g/mol. The highest BCUT2D eigenvalue weighted by Gasteiger charge is 2.19. The van der Waals surface area contributed by atoms with E-state index in [1.54, 1.807) is 0 Å². The Morgan fingerprint density at radius 3 is 2.16 bits per heavy atom. The van der Waals surface area contributed by atoms with E-state index >= 15 is 0 Å². The predicted molar refractivity (Wildman–Crippen MR) is 182 cm³/mol. The van der Waals surface area contributed by atoms with Crippen molar-refractivity contribution in [2.75, 3.05) is 4.90 Å². The molecule has 1 aromatic heterocycles. The summed E-state index contributed by atoms with van der Waals surface area (Å²) < 4.78 is 6.34. The van der Waals surface area contributed by atoms with Gasteiger partial charge < -0.3 is 9.32 Å². The molecule has 0 amide bonds. The quantitative estimate of drug-likeness (QED) is 0.200. The molecular weight excluding hydrogens is 536 g/mol. The lowest BCUT2D eigenvalue weighted by Crippen LogP contribution is -2.17. The molecule has 1 aliphatic rings. The minimum absolute atomic E-state index is 0.370. The normalized spacial score (nSPS) is 14.5. The first-order valence-corrected chi connectivity index (χ1v) is 15.1. The van der Waals surface area contributed by atoms with Crippen LogP contribution in [0.1, 0.15) is 17.9 Å². The van der Waals surface area contributed by atoms with E-state index in [2.05, 4.69) is 151 Å². The maximum absolute atomic E-state index is 6.34. The minimum Gasteiger partial charge on any atom is -0.435 e. The highest BCUT2D eigenvalue weighted by atomic mass is 16.3. The molecule has 0 bridgehead atoms. The molecule has 0 N–H and O–H groups in total. The lowest BCUT2D eigenvalue weighted by Gasteiger charge is -2.29. The maximum Gasteiger partial charge on any atom is 0.227 e. The molecule has 0 spiro atoms. The van der Waals surface area contributed by atoms with E-state index in [0.29, 0.717) is 11.8 Å². The van der Waals surface area contributed by atoms with Gasteiger partial charge in [0.15, 0.2) is 5.58 Å². The van der Waals surface area contributed by atoms with Crippen LogP contribution in [0.2, 0.25) is 0 Å². The molecule has 1 aliphatic carbocycles. The molecule has 0 saturated carbocycles. The summed E-state index contributed by atoms with van der Waals surface area (Å²) in [5.41, 5.74) is 9.71. The van der Waals surface area contributed by atoms with Crippen molar-refractivity contribution in [3.63, 3.8) is 0 Å². The van der Waals surface area contributed by atoms with Crippen molar-refractivity contribution in [2.45, 2.75) is 12.3 Å². The van der Waals surface area contributed by atoms with E-state index in [1.807, 2.05) is 18.2 Å². The topological polar surface area (TPSA) is 29.3 Å². The van der Waals surface area contributed by atoms with Crippen LogP contribution in [0.4, 0.5) is 11.4 Å². The monoisotopic (exact) mass is 566 g/mol. The Balaban J connectivity index is 1.17. The second kappa shape index (κ2) is 11.2. The zero-order valence-corrected chi connectivity index (χ0v) is 24.2. The Morgan fingerprint density at radius 1 is 0.614 bits per heavy atom. The van der Waals surface area contributed by atoms with E-state index in [1.165, 1.54) is 16.7 Å². The van der Waals surface area contributed by atoms with Gasteiger partial charge in [0.05, 0.1) is 0 Å². The summed E-state index contributed by atoms with van der Waals surface area (Å²) in [6, 6.07) is 51.0. The maximum atomic E-state index is 6.34. The SMILES string of the molecule is C1=CC(c2ccccc2)CC=C1N(c1ccc(-c2nc3ccc4ccccc4c3o2)cc1)c1cccc(-c2ccccc2)c1. The fourth-order valence-corrected chi connectivity index (χ4v) is 6.16. The first kappa shape index (κ1) is 26.0. The third kappa shape index (κ3) is 4.89. The first-order valence-electron chi connectivity index (χ1n) is 15.1. The number of fused-ring (bicyclic) bond motifs is 3. The number of allylic oxidation sites excluding steroid dienone is 3. The fourth-order valence-electron chi connectivity index (χ4n) is 6.16. The zero-order valence-electron chi connectivity index (χ0n) is 24.2. The lowest BCUT2D eigenvalue weighted by molar-refractivity contribution is 0.623. The molecule has 3 heteroatoms. The van der Waals surface area contributed by atoms with Crippen molar-refractivity contribution in [1.82, 2.24) is 4.98 Å². The first-order chi connectivity index (χ1) is 21.8. The van der Waals surface area contributed by atoms with Crippen molar-refractivity contribution in [3.8, 4) is 22.6 Å². The number of anilines is 2. The number of benzene rings is 6. The fraction of sp³-hybridized carbons (Fsp3) is 0.0488. The number of hydrogen-bond donors (Lipinski definition) is 0. The van der Waals surface area contributed by atoms with E-state index in [9.17, 15) is 0 Å². The van der Waals surface area contributed by atoms with Crippen molar-refractivity contribution >= 4 is 33.2 Å². The van der Waals surface area contributed by atoms with Crippen LogP contribution >= 0.6 is 0 Å². The van der Waals surface area contributed by atoms with Crippen LogP contribution < -0.4 is 4.90 Å². The molecule has 0 saturated heterocycles. The molecule has 0 aliphatic heterocycles. The van der Waals surface area contributed by atoms with Crippen LogP contribution in [0.25, 0.3) is 44.5 Å². The molecule has 1 unspecified atom stereocenters.